The van der Waals surface area contributed by atoms with Crippen molar-refractivity contribution in [3.05, 3.63) is 59.2 Å². The number of nitrogens with zero attached hydrogens (tertiary/aromatic N) is 1. The smallest absolute Gasteiger partial charge is 0.185 e. The average molecular weight is 542 g/mol. The second kappa shape index (κ2) is 7.46. The fourth-order valence-corrected chi connectivity index (χ4v) is 10.9. The molecule has 4 saturated carbocycles. The maximum Gasteiger partial charge on any atom is 0.185 e. The van der Waals surface area contributed by atoms with E-state index in [2.05, 4.69) is 69.0 Å². The van der Waals surface area contributed by atoms with Gasteiger partial charge >= 0.3 is 0 Å². The van der Waals surface area contributed by atoms with Crippen molar-refractivity contribution >= 4 is 0 Å². The zero-order valence-electron chi connectivity index (χ0n) is 24.4. The Morgan fingerprint density at radius 3 is 2.55 bits per heavy atom. The van der Waals surface area contributed by atoms with Crippen molar-refractivity contribution in [1.82, 2.24) is 4.90 Å². The largest absolute Gasteiger partial charge is 0.504 e. The Morgan fingerprint density at radius 2 is 1.80 bits per heavy atom. The van der Waals surface area contributed by atoms with Gasteiger partial charge in [-0.05, 0) is 81.4 Å². The third-order valence-corrected chi connectivity index (χ3v) is 13.2. The fraction of sp³-hybridized carbons (Fsp3) is 0.657. The summed E-state index contributed by atoms with van der Waals surface area (Å²) in [4.78, 5) is 2.89. The van der Waals surface area contributed by atoms with Crippen LogP contribution in [0.2, 0.25) is 0 Å². The van der Waals surface area contributed by atoms with Gasteiger partial charge in [-0.1, -0.05) is 57.2 Å². The molecular weight excluding hydrogens is 498 g/mol. The normalized spacial score (nSPS) is 44.6. The van der Waals surface area contributed by atoms with Crippen LogP contribution >= 0.6 is 0 Å². The first-order valence-electron chi connectivity index (χ1n) is 15.8. The number of phenols is 1. The Morgan fingerprint density at radius 1 is 1.00 bits per heavy atom. The highest BCUT2D eigenvalue weighted by Crippen LogP contribution is 2.79. The molecule has 3 heterocycles. The van der Waals surface area contributed by atoms with Crippen LogP contribution in [-0.2, 0) is 21.3 Å². The molecule has 2 aromatic carbocycles. The summed E-state index contributed by atoms with van der Waals surface area (Å²) >= 11 is 0. The van der Waals surface area contributed by atoms with E-state index in [1.807, 2.05) is 6.07 Å². The summed E-state index contributed by atoms with van der Waals surface area (Å²) in [6, 6.07) is 15.1. The first-order valence-corrected chi connectivity index (χ1v) is 15.8. The lowest BCUT2D eigenvalue weighted by Crippen LogP contribution is -2.84. The number of likely N-dealkylation sites (tertiary alicyclic amines) is 1. The van der Waals surface area contributed by atoms with Gasteiger partial charge in [0, 0.05) is 40.5 Å². The van der Waals surface area contributed by atoms with Crippen molar-refractivity contribution in [2.75, 3.05) is 13.1 Å². The molecule has 212 valence electrons. The molecule has 4 bridgehead atoms. The summed E-state index contributed by atoms with van der Waals surface area (Å²) in [7, 11) is 0. The van der Waals surface area contributed by atoms with E-state index in [4.69, 9.17) is 14.2 Å². The zero-order chi connectivity index (χ0) is 27.3. The van der Waals surface area contributed by atoms with E-state index < -0.39 is 17.5 Å². The quantitative estimate of drug-likeness (QED) is 0.479. The molecule has 0 aromatic heterocycles. The number of hydrogen-bond donors (Lipinski definition) is 1. The topological polar surface area (TPSA) is 51.2 Å². The van der Waals surface area contributed by atoms with Gasteiger partial charge in [-0.25, -0.2) is 0 Å². The third kappa shape index (κ3) is 2.68. The maximum atomic E-state index is 11.2. The molecule has 10 rings (SSSR count). The molecule has 3 spiro atoms. The Labute approximate surface area is 238 Å². The summed E-state index contributed by atoms with van der Waals surface area (Å²) in [5.74, 6) is 2.13. The third-order valence-electron chi connectivity index (χ3n) is 13.2. The number of fused-ring (bicyclic) bond motifs is 1. The minimum absolute atomic E-state index is 0.0982. The number of ether oxygens (including phenoxy) is 3. The molecule has 2 aromatic rings. The van der Waals surface area contributed by atoms with Gasteiger partial charge in [0.15, 0.2) is 17.8 Å². The van der Waals surface area contributed by atoms with E-state index in [0.29, 0.717) is 11.8 Å². The van der Waals surface area contributed by atoms with Crippen molar-refractivity contribution in [3.8, 4) is 11.5 Å². The van der Waals surface area contributed by atoms with Gasteiger partial charge in [0.05, 0.1) is 5.60 Å². The monoisotopic (exact) mass is 541 g/mol. The summed E-state index contributed by atoms with van der Waals surface area (Å²) in [5, 5.41) is 11.2. The summed E-state index contributed by atoms with van der Waals surface area (Å²) in [6.45, 7) is 11.8. The molecule has 1 N–H and O–H groups in total. The van der Waals surface area contributed by atoms with E-state index >= 15 is 0 Å². The molecule has 40 heavy (non-hydrogen) atoms. The summed E-state index contributed by atoms with van der Waals surface area (Å²) in [5.41, 5.74) is 2.80. The molecule has 5 nitrogen and oxygen atoms in total. The second-order valence-corrected chi connectivity index (χ2v) is 15.5. The van der Waals surface area contributed by atoms with Gasteiger partial charge in [-0.3, -0.25) is 4.90 Å². The molecule has 8 atom stereocenters. The second-order valence-electron chi connectivity index (χ2n) is 15.5. The van der Waals surface area contributed by atoms with Gasteiger partial charge in [-0.2, -0.15) is 0 Å². The predicted octanol–water partition coefficient (Wildman–Crippen LogP) is 6.52. The molecule has 0 amide bonds. The van der Waals surface area contributed by atoms with Crippen molar-refractivity contribution in [3.63, 3.8) is 0 Å². The van der Waals surface area contributed by atoms with Crippen molar-refractivity contribution in [2.45, 2.75) is 108 Å². The highest BCUT2D eigenvalue weighted by molar-refractivity contribution is 5.63. The van der Waals surface area contributed by atoms with Crippen LogP contribution in [0.3, 0.4) is 0 Å². The SMILES string of the molecule is CC(C)(C)[C@@]1(C)OC(c2ccccc2)O[C@]23CC[C@@]4(CC12)[C@H]1Cc2ccc(O)c5c2[C@@]4(CCN1CC1CC1)[C@H]3O5. The molecule has 3 aliphatic heterocycles. The highest BCUT2D eigenvalue weighted by Gasteiger charge is 2.84. The molecule has 2 unspecified atom stereocenters. The predicted molar refractivity (Wildman–Crippen MR) is 152 cm³/mol. The zero-order valence-corrected chi connectivity index (χ0v) is 24.4. The number of piperidine rings is 1. The van der Waals surface area contributed by atoms with Gasteiger partial charge < -0.3 is 19.3 Å². The van der Waals surface area contributed by atoms with Crippen LogP contribution in [-0.4, -0.2) is 46.4 Å². The van der Waals surface area contributed by atoms with Gasteiger partial charge in [0.2, 0.25) is 0 Å². The number of benzene rings is 2. The first kappa shape index (κ1) is 24.5. The minimum atomic E-state index is -0.480. The maximum absolute atomic E-state index is 11.2. The number of rotatable bonds is 3. The molecule has 2 saturated heterocycles. The van der Waals surface area contributed by atoms with Crippen LogP contribution < -0.4 is 4.74 Å². The Kier molecular flexibility index (Phi) is 4.57. The summed E-state index contributed by atoms with van der Waals surface area (Å²) in [6.07, 6.45) is 7.61. The van der Waals surface area contributed by atoms with Crippen LogP contribution in [0.1, 0.15) is 89.2 Å². The number of hydrogen-bond acceptors (Lipinski definition) is 5. The van der Waals surface area contributed by atoms with Crippen LogP contribution in [0.25, 0.3) is 0 Å². The Bertz CT molecular complexity index is 1400. The molecule has 6 fully saturated rings. The first-order chi connectivity index (χ1) is 19.1. The minimum Gasteiger partial charge on any atom is -0.504 e. The van der Waals surface area contributed by atoms with E-state index in [0.717, 1.165) is 55.9 Å². The molecule has 8 aliphatic rings. The van der Waals surface area contributed by atoms with Crippen LogP contribution in [0.5, 0.6) is 11.5 Å². The van der Waals surface area contributed by atoms with Gasteiger partial charge in [-0.15, -0.1) is 0 Å². The highest BCUT2D eigenvalue weighted by atomic mass is 16.7. The number of aromatic hydroxyl groups is 1. The summed E-state index contributed by atoms with van der Waals surface area (Å²) < 4.78 is 21.7. The molecular formula is C35H43NO4. The van der Waals surface area contributed by atoms with Crippen molar-refractivity contribution < 1.29 is 19.3 Å². The molecule has 5 aliphatic carbocycles. The lowest BCUT2D eigenvalue weighted by Gasteiger charge is -2.77. The lowest BCUT2D eigenvalue weighted by atomic mass is 9.33. The van der Waals surface area contributed by atoms with E-state index in [-0.39, 0.29) is 28.3 Å². The van der Waals surface area contributed by atoms with E-state index in [1.54, 1.807) is 0 Å². The van der Waals surface area contributed by atoms with Crippen LogP contribution in [0, 0.1) is 22.7 Å². The molecule has 5 heteroatoms. The number of phenolic OH excluding ortho intramolecular Hbond substituents is 1. The standard InChI is InChI=1S/C35H43NO4/c1-31(2,3)32(4)25-19-33-14-15-35(25,40-29(39-32)22-8-6-5-7-9-22)30-34(33)16-17-36(20-21-10-11-21)26(33)18-23-12-13-24(37)28(38-30)27(23)34/h5-9,12-13,21,25-26,29-30,37H,10-11,14-20H2,1-4H3/t25?,26-,29?,30-,32+,33-,34+,35-/m1/s1. The Hall–Kier alpha value is -2.08. The lowest BCUT2D eigenvalue weighted by molar-refractivity contribution is -0.423. The van der Waals surface area contributed by atoms with Crippen LogP contribution in [0.15, 0.2) is 42.5 Å². The van der Waals surface area contributed by atoms with E-state index in [1.165, 1.54) is 30.5 Å². The van der Waals surface area contributed by atoms with Crippen molar-refractivity contribution in [1.29, 1.82) is 0 Å². The molecule has 0 radical (unpaired) electrons. The van der Waals surface area contributed by atoms with E-state index in [9.17, 15) is 5.11 Å². The van der Waals surface area contributed by atoms with Crippen LogP contribution in [0.4, 0.5) is 0 Å². The Balaban J connectivity index is 1.27. The van der Waals surface area contributed by atoms with Gasteiger partial charge in [0.25, 0.3) is 0 Å². The van der Waals surface area contributed by atoms with Gasteiger partial charge in [0.1, 0.15) is 11.7 Å². The van der Waals surface area contributed by atoms with Crippen molar-refractivity contribution in [2.24, 2.45) is 22.7 Å². The fourth-order valence-electron chi connectivity index (χ4n) is 10.9. The average Bonchev–Trinajstić information content (AvgIpc) is 3.67.